The van der Waals surface area contributed by atoms with Crippen molar-refractivity contribution < 1.29 is 9.47 Å². The van der Waals surface area contributed by atoms with Crippen LogP contribution in [-0.2, 0) is 28.7 Å². The molecule has 0 aromatic carbocycles. The third kappa shape index (κ3) is 4.73. The molecule has 21 heavy (non-hydrogen) atoms. The second-order valence-electron chi connectivity index (χ2n) is 5.67. The normalized spacial score (nSPS) is 17.8. The average Bonchev–Trinajstić information content (AvgIpc) is 2.48. The van der Waals surface area contributed by atoms with Crippen molar-refractivity contribution in [1.29, 1.82) is 0 Å². The van der Waals surface area contributed by atoms with Gasteiger partial charge >= 0.3 is 0 Å². The molecule has 0 bridgehead atoms. The maximum Gasteiger partial charge on any atom is 0.131 e. The fourth-order valence-electron chi connectivity index (χ4n) is 2.90. The lowest BCUT2D eigenvalue weighted by atomic mass is 9.86. The highest BCUT2D eigenvalue weighted by molar-refractivity contribution is 5.28. The Bertz CT molecular complexity index is 451. The number of fused-ring (bicyclic) bond motifs is 1. The Balaban J connectivity index is 1.93. The Morgan fingerprint density at radius 2 is 2.10 bits per heavy atom. The van der Waals surface area contributed by atoms with Crippen molar-refractivity contribution in [3.8, 4) is 0 Å². The van der Waals surface area contributed by atoms with Gasteiger partial charge in [-0.1, -0.05) is 0 Å². The van der Waals surface area contributed by atoms with Gasteiger partial charge in [-0.05, 0) is 51.3 Å². The molecule has 0 aliphatic heterocycles. The van der Waals surface area contributed by atoms with E-state index in [2.05, 4.69) is 17.2 Å². The molecule has 1 aliphatic carbocycles. The van der Waals surface area contributed by atoms with Crippen molar-refractivity contribution in [3.05, 3.63) is 22.8 Å². The molecule has 1 N–H and O–H groups in total. The number of nitrogens with zero attached hydrogens (tertiary/aromatic N) is 2. The van der Waals surface area contributed by atoms with E-state index in [9.17, 15) is 0 Å². The number of aromatic nitrogens is 2. The number of nitrogens with one attached hydrogen (secondary N) is 1. The summed E-state index contributed by atoms with van der Waals surface area (Å²) in [7, 11) is 3.70. The second kappa shape index (κ2) is 8.41. The predicted molar refractivity (Wildman–Crippen MR) is 82.6 cm³/mol. The highest BCUT2D eigenvalue weighted by atomic mass is 16.5. The van der Waals surface area contributed by atoms with Crippen LogP contribution >= 0.6 is 0 Å². The maximum atomic E-state index is 5.50. The summed E-state index contributed by atoms with van der Waals surface area (Å²) < 4.78 is 10.5. The van der Waals surface area contributed by atoms with E-state index in [0.717, 1.165) is 37.3 Å². The third-order valence-corrected chi connectivity index (χ3v) is 4.02. The maximum absolute atomic E-state index is 5.50. The third-order valence-electron chi connectivity index (χ3n) is 4.02. The molecule has 0 radical (unpaired) electrons. The van der Waals surface area contributed by atoms with Gasteiger partial charge in [-0.3, -0.25) is 0 Å². The van der Waals surface area contributed by atoms with Crippen molar-refractivity contribution in [2.75, 3.05) is 40.5 Å². The molecule has 0 spiro atoms. The van der Waals surface area contributed by atoms with Crippen LogP contribution in [0.5, 0.6) is 0 Å². The van der Waals surface area contributed by atoms with Crippen LogP contribution in [0.4, 0.5) is 0 Å². The van der Waals surface area contributed by atoms with Crippen LogP contribution in [0.15, 0.2) is 0 Å². The molecular formula is C16H27N3O2. The van der Waals surface area contributed by atoms with E-state index >= 15 is 0 Å². The molecule has 1 aromatic heterocycles. The van der Waals surface area contributed by atoms with E-state index in [1.54, 1.807) is 7.11 Å². The van der Waals surface area contributed by atoms with E-state index in [4.69, 9.17) is 14.5 Å². The van der Waals surface area contributed by atoms with Crippen molar-refractivity contribution in [3.63, 3.8) is 0 Å². The van der Waals surface area contributed by atoms with Crippen molar-refractivity contribution >= 4 is 0 Å². The van der Waals surface area contributed by atoms with Crippen LogP contribution < -0.4 is 5.32 Å². The topological polar surface area (TPSA) is 56.3 Å². The second-order valence-corrected chi connectivity index (χ2v) is 5.67. The molecule has 0 saturated carbocycles. The summed E-state index contributed by atoms with van der Waals surface area (Å²) in [5.41, 5.74) is 3.76. The summed E-state index contributed by atoms with van der Waals surface area (Å²) in [6.45, 7) is 5.11. The zero-order valence-electron chi connectivity index (χ0n) is 13.4. The van der Waals surface area contributed by atoms with Gasteiger partial charge in [0.1, 0.15) is 5.82 Å². The molecule has 118 valence electrons. The molecule has 0 fully saturated rings. The molecule has 0 saturated heterocycles. The van der Waals surface area contributed by atoms with Gasteiger partial charge < -0.3 is 14.8 Å². The lowest BCUT2D eigenvalue weighted by Crippen LogP contribution is -2.26. The van der Waals surface area contributed by atoms with Crippen LogP contribution in [-0.4, -0.2) is 50.5 Å². The van der Waals surface area contributed by atoms with E-state index in [-0.39, 0.29) is 0 Å². The highest BCUT2D eigenvalue weighted by Crippen LogP contribution is 2.25. The van der Waals surface area contributed by atoms with Crippen LogP contribution in [0.2, 0.25) is 0 Å². The highest BCUT2D eigenvalue weighted by Gasteiger charge is 2.22. The number of methoxy groups -OCH3 is 1. The minimum atomic E-state index is 0.631. The molecule has 1 unspecified atom stereocenters. The fraction of sp³-hybridized carbons (Fsp3) is 0.750. The minimum absolute atomic E-state index is 0.631. The Labute approximate surface area is 127 Å². The van der Waals surface area contributed by atoms with Gasteiger partial charge in [0.15, 0.2) is 0 Å². The van der Waals surface area contributed by atoms with E-state index in [1.165, 1.54) is 17.7 Å². The number of ether oxygens (including phenoxy) is 2. The van der Waals surface area contributed by atoms with Gasteiger partial charge in [0.25, 0.3) is 0 Å². The summed E-state index contributed by atoms with van der Waals surface area (Å²) in [5.74, 6) is 1.63. The summed E-state index contributed by atoms with van der Waals surface area (Å²) in [5, 5.41) is 3.28. The molecule has 1 aliphatic rings. The first-order valence-corrected chi connectivity index (χ1v) is 7.81. The van der Waals surface area contributed by atoms with Gasteiger partial charge in [0.2, 0.25) is 0 Å². The number of aryl methyl sites for hydroxylation is 2. The SMILES string of the molecule is CNCC1CCc2nc(CCOCCOC)nc(C)c2C1. The molecule has 5 heteroatoms. The van der Waals surface area contributed by atoms with Gasteiger partial charge in [0.05, 0.1) is 19.8 Å². The first-order valence-electron chi connectivity index (χ1n) is 7.81. The zero-order valence-corrected chi connectivity index (χ0v) is 13.4. The van der Waals surface area contributed by atoms with Crippen LogP contribution in [0.25, 0.3) is 0 Å². The van der Waals surface area contributed by atoms with Gasteiger partial charge in [-0.2, -0.15) is 0 Å². The van der Waals surface area contributed by atoms with Crippen molar-refractivity contribution in [2.24, 2.45) is 5.92 Å². The Hall–Kier alpha value is -1.04. The first-order chi connectivity index (χ1) is 10.2. The zero-order chi connectivity index (χ0) is 15.1. The van der Waals surface area contributed by atoms with Crippen LogP contribution in [0, 0.1) is 12.8 Å². The summed E-state index contributed by atoms with van der Waals surface area (Å²) >= 11 is 0. The minimum Gasteiger partial charge on any atom is -0.382 e. The summed E-state index contributed by atoms with van der Waals surface area (Å²) in [6.07, 6.45) is 4.17. The molecule has 1 aromatic rings. The standard InChI is InChI=1S/C16H27N3O2/c1-12-14-10-13(11-17-2)4-5-15(14)19-16(18-12)6-7-21-9-8-20-3/h13,17H,4-11H2,1-3H3. The largest absolute Gasteiger partial charge is 0.382 e. The molecular weight excluding hydrogens is 266 g/mol. The molecule has 5 nitrogen and oxygen atoms in total. The monoisotopic (exact) mass is 293 g/mol. The van der Waals surface area contributed by atoms with Gasteiger partial charge in [-0.15, -0.1) is 0 Å². The average molecular weight is 293 g/mol. The van der Waals surface area contributed by atoms with E-state index in [0.29, 0.717) is 25.7 Å². The van der Waals surface area contributed by atoms with E-state index < -0.39 is 0 Å². The summed E-state index contributed by atoms with van der Waals surface area (Å²) in [4.78, 5) is 9.40. The van der Waals surface area contributed by atoms with Crippen LogP contribution in [0.3, 0.4) is 0 Å². The fourth-order valence-corrected chi connectivity index (χ4v) is 2.90. The quantitative estimate of drug-likeness (QED) is 0.733. The number of hydrogen-bond donors (Lipinski definition) is 1. The lowest BCUT2D eigenvalue weighted by molar-refractivity contribution is 0.0716. The molecule has 2 rings (SSSR count). The molecule has 1 heterocycles. The Morgan fingerprint density at radius 3 is 2.86 bits per heavy atom. The van der Waals surface area contributed by atoms with Gasteiger partial charge in [-0.25, -0.2) is 9.97 Å². The molecule has 0 amide bonds. The molecule has 1 atom stereocenters. The van der Waals surface area contributed by atoms with Gasteiger partial charge in [0, 0.05) is 24.9 Å². The first kappa shape index (κ1) is 16.3. The van der Waals surface area contributed by atoms with Crippen LogP contribution in [0.1, 0.15) is 29.2 Å². The Kier molecular flexibility index (Phi) is 6.54. The Morgan fingerprint density at radius 1 is 1.24 bits per heavy atom. The smallest absolute Gasteiger partial charge is 0.131 e. The van der Waals surface area contributed by atoms with Crippen molar-refractivity contribution in [2.45, 2.75) is 32.6 Å². The number of rotatable bonds is 8. The summed E-state index contributed by atoms with van der Waals surface area (Å²) in [6, 6.07) is 0. The predicted octanol–water partition coefficient (Wildman–Crippen LogP) is 1.31. The number of hydrogen-bond acceptors (Lipinski definition) is 5. The lowest BCUT2D eigenvalue weighted by Gasteiger charge is -2.25. The van der Waals surface area contributed by atoms with E-state index in [1.807, 2.05) is 7.05 Å². The van der Waals surface area contributed by atoms with Crippen molar-refractivity contribution in [1.82, 2.24) is 15.3 Å².